The number of rotatable bonds is 2. The van der Waals surface area contributed by atoms with Crippen LogP contribution in [0.1, 0.15) is 13.3 Å². The van der Waals surface area contributed by atoms with E-state index >= 15 is 0 Å². The average molecular weight is 116 g/mol. The fourth-order valence-corrected chi connectivity index (χ4v) is 0.235. The van der Waals surface area contributed by atoms with E-state index in [0.717, 1.165) is 0 Å². The summed E-state index contributed by atoms with van der Waals surface area (Å²) >= 11 is 0. The van der Waals surface area contributed by atoms with Crippen LogP contribution in [0.2, 0.25) is 0 Å². The molecule has 0 rings (SSSR count). The van der Waals surface area contributed by atoms with Gasteiger partial charge in [-0.1, -0.05) is 0 Å². The van der Waals surface area contributed by atoms with Crippen molar-refractivity contribution in [1.29, 1.82) is 0 Å². The number of carbonyl (C=O) groups is 1. The normalized spacial score (nSPS) is 11.4. The lowest BCUT2D eigenvalue weighted by Crippen LogP contribution is -1.90. The number of carboxylic acid groups (broad SMARTS) is 1. The van der Waals surface area contributed by atoms with Crippen LogP contribution in [0.4, 0.5) is 0 Å². The SMILES string of the molecule is CC(O)=CCC(=O)O. The molecule has 0 heterocycles. The molecule has 8 heavy (non-hydrogen) atoms. The van der Waals surface area contributed by atoms with E-state index in [1.54, 1.807) is 0 Å². The van der Waals surface area contributed by atoms with Crippen LogP contribution >= 0.6 is 0 Å². The van der Waals surface area contributed by atoms with Gasteiger partial charge in [0.15, 0.2) is 0 Å². The Morgan fingerprint density at radius 1 is 1.62 bits per heavy atom. The fraction of sp³-hybridized carbons (Fsp3) is 0.400. The van der Waals surface area contributed by atoms with Crippen LogP contribution in [0.5, 0.6) is 0 Å². The van der Waals surface area contributed by atoms with Gasteiger partial charge in [0.2, 0.25) is 0 Å². The van der Waals surface area contributed by atoms with Crippen LogP contribution < -0.4 is 0 Å². The Kier molecular flexibility index (Phi) is 2.69. The van der Waals surface area contributed by atoms with Crippen molar-refractivity contribution in [2.75, 3.05) is 0 Å². The lowest BCUT2D eigenvalue weighted by molar-refractivity contribution is -0.136. The van der Waals surface area contributed by atoms with Crippen molar-refractivity contribution in [3.63, 3.8) is 0 Å². The molecule has 0 aromatic rings. The zero-order valence-corrected chi connectivity index (χ0v) is 4.59. The summed E-state index contributed by atoms with van der Waals surface area (Å²) in [6.07, 6.45) is 1.13. The predicted octanol–water partition coefficient (Wildman–Crippen LogP) is 0.923. The van der Waals surface area contributed by atoms with Gasteiger partial charge in [0.05, 0.1) is 12.2 Å². The van der Waals surface area contributed by atoms with Crippen molar-refractivity contribution in [2.45, 2.75) is 13.3 Å². The molecule has 0 unspecified atom stereocenters. The number of aliphatic carboxylic acids is 1. The van der Waals surface area contributed by atoms with Crippen LogP contribution in [-0.4, -0.2) is 16.2 Å². The maximum Gasteiger partial charge on any atom is 0.307 e. The highest BCUT2D eigenvalue weighted by atomic mass is 16.4. The average Bonchev–Trinajstić information content (AvgIpc) is 1.61. The quantitative estimate of drug-likeness (QED) is 0.527. The van der Waals surface area contributed by atoms with Crippen molar-refractivity contribution in [3.8, 4) is 0 Å². The van der Waals surface area contributed by atoms with E-state index in [9.17, 15) is 4.79 Å². The largest absolute Gasteiger partial charge is 0.513 e. The molecular formula is C5H8O3. The molecule has 0 spiro atoms. The molecular weight excluding hydrogens is 108 g/mol. The Hall–Kier alpha value is -0.990. The van der Waals surface area contributed by atoms with Gasteiger partial charge in [-0.2, -0.15) is 0 Å². The number of aliphatic hydroxyl groups is 1. The first-order chi connectivity index (χ1) is 3.63. The van der Waals surface area contributed by atoms with E-state index in [1.807, 2.05) is 0 Å². The lowest BCUT2D eigenvalue weighted by atomic mass is 10.4. The molecule has 0 aliphatic heterocycles. The zero-order chi connectivity index (χ0) is 6.57. The van der Waals surface area contributed by atoms with Gasteiger partial charge in [-0.05, 0) is 13.0 Å². The second-order valence-electron chi connectivity index (χ2n) is 1.44. The van der Waals surface area contributed by atoms with E-state index in [0.29, 0.717) is 0 Å². The van der Waals surface area contributed by atoms with Crippen LogP contribution in [0.15, 0.2) is 11.8 Å². The second-order valence-corrected chi connectivity index (χ2v) is 1.44. The number of hydrogen-bond acceptors (Lipinski definition) is 2. The number of hydrogen-bond donors (Lipinski definition) is 2. The Bertz CT molecular complexity index is 111. The Labute approximate surface area is 47.3 Å². The Balaban J connectivity index is 3.45. The van der Waals surface area contributed by atoms with E-state index < -0.39 is 5.97 Å². The van der Waals surface area contributed by atoms with Crippen molar-refractivity contribution in [3.05, 3.63) is 11.8 Å². The molecule has 2 N–H and O–H groups in total. The molecule has 0 saturated carbocycles. The molecule has 0 atom stereocenters. The second kappa shape index (κ2) is 3.07. The van der Waals surface area contributed by atoms with Gasteiger partial charge in [0.25, 0.3) is 0 Å². The maximum absolute atomic E-state index is 9.75. The summed E-state index contributed by atoms with van der Waals surface area (Å²) in [5.74, 6) is -0.884. The number of carboxylic acids is 1. The fourth-order valence-electron chi connectivity index (χ4n) is 0.235. The third-order valence-electron chi connectivity index (χ3n) is 0.572. The molecule has 0 aliphatic rings. The lowest BCUT2D eigenvalue weighted by Gasteiger charge is -1.84. The molecule has 3 heteroatoms. The predicted molar refractivity (Wildman–Crippen MR) is 28.6 cm³/mol. The van der Waals surface area contributed by atoms with E-state index in [4.69, 9.17) is 10.2 Å². The first kappa shape index (κ1) is 7.01. The molecule has 46 valence electrons. The van der Waals surface area contributed by atoms with Crippen molar-refractivity contribution in [1.82, 2.24) is 0 Å². The molecule has 0 aromatic heterocycles. The highest BCUT2D eigenvalue weighted by Gasteiger charge is 1.89. The van der Waals surface area contributed by atoms with Gasteiger partial charge in [-0.25, -0.2) is 0 Å². The maximum atomic E-state index is 9.75. The molecule has 0 saturated heterocycles. The summed E-state index contributed by atoms with van der Waals surface area (Å²) in [4.78, 5) is 9.75. The molecule has 0 aromatic carbocycles. The summed E-state index contributed by atoms with van der Waals surface area (Å²) in [5.41, 5.74) is 0. The molecule has 0 amide bonds. The van der Waals surface area contributed by atoms with E-state index in [1.165, 1.54) is 13.0 Å². The van der Waals surface area contributed by atoms with Gasteiger partial charge in [0, 0.05) is 0 Å². The smallest absolute Gasteiger partial charge is 0.307 e. The van der Waals surface area contributed by atoms with Gasteiger partial charge in [-0.15, -0.1) is 0 Å². The van der Waals surface area contributed by atoms with Gasteiger partial charge >= 0.3 is 5.97 Å². The first-order valence-electron chi connectivity index (χ1n) is 2.20. The molecule has 0 fully saturated rings. The van der Waals surface area contributed by atoms with E-state index in [2.05, 4.69) is 0 Å². The van der Waals surface area contributed by atoms with Crippen LogP contribution in [0.25, 0.3) is 0 Å². The van der Waals surface area contributed by atoms with Crippen LogP contribution in [0.3, 0.4) is 0 Å². The zero-order valence-electron chi connectivity index (χ0n) is 4.59. The highest BCUT2D eigenvalue weighted by Crippen LogP contribution is 1.87. The van der Waals surface area contributed by atoms with E-state index in [-0.39, 0.29) is 12.2 Å². The van der Waals surface area contributed by atoms with Crippen molar-refractivity contribution >= 4 is 5.97 Å². The molecule has 0 radical (unpaired) electrons. The number of aliphatic hydroxyl groups excluding tert-OH is 1. The third kappa shape index (κ3) is 5.01. The van der Waals surface area contributed by atoms with Gasteiger partial charge < -0.3 is 10.2 Å². The Morgan fingerprint density at radius 2 is 2.12 bits per heavy atom. The minimum absolute atomic E-state index is 0.0485. The highest BCUT2D eigenvalue weighted by molar-refractivity contribution is 5.68. The summed E-state index contributed by atoms with van der Waals surface area (Å²) in [7, 11) is 0. The van der Waals surface area contributed by atoms with Crippen molar-refractivity contribution in [2.24, 2.45) is 0 Å². The van der Waals surface area contributed by atoms with Gasteiger partial charge in [0.1, 0.15) is 0 Å². The first-order valence-corrected chi connectivity index (χ1v) is 2.20. The summed E-state index contributed by atoms with van der Waals surface area (Å²) < 4.78 is 0. The number of allylic oxidation sites excluding steroid dienone is 1. The standard InChI is InChI=1S/C5H8O3/c1-4(6)2-3-5(7)8/h2,6H,3H2,1H3,(H,7,8). The van der Waals surface area contributed by atoms with Crippen molar-refractivity contribution < 1.29 is 15.0 Å². The molecule has 0 aliphatic carbocycles. The summed E-state index contributed by atoms with van der Waals surface area (Å²) in [6, 6.07) is 0. The molecule has 3 nitrogen and oxygen atoms in total. The van der Waals surface area contributed by atoms with Gasteiger partial charge in [-0.3, -0.25) is 4.79 Å². The Morgan fingerprint density at radius 3 is 2.25 bits per heavy atom. The summed E-state index contributed by atoms with van der Waals surface area (Å²) in [6.45, 7) is 1.43. The monoisotopic (exact) mass is 116 g/mol. The van der Waals surface area contributed by atoms with Crippen LogP contribution in [-0.2, 0) is 4.79 Å². The topological polar surface area (TPSA) is 57.5 Å². The minimum Gasteiger partial charge on any atom is -0.513 e. The minimum atomic E-state index is -0.932. The molecule has 0 bridgehead atoms. The van der Waals surface area contributed by atoms with Crippen LogP contribution in [0, 0.1) is 0 Å². The third-order valence-corrected chi connectivity index (χ3v) is 0.572. The summed E-state index contributed by atoms with van der Waals surface area (Å²) in [5, 5.41) is 16.4.